The van der Waals surface area contributed by atoms with Gasteiger partial charge in [0.1, 0.15) is 6.10 Å². The number of thiazole rings is 1. The third-order valence-corrected chi connectivity index (χ3v) is 5.57. The number of hydrogen-bond acceptors (Lipinski definition) is 4. The topological polar surface area (TPSA) is 59.1 Å². The number of nitrogens with zero attached hydrogens (tertiary/aromatic N) is 1. The van der Waals surface area contributed by atoms with E-state index in [9.17, 15) is 5.11 Å². The van der Waals surface area contributed by atoms with Crippen LogP contribution in [-0.2, 0) is 5.41 Å². The fraction of sp³-hybridized carbons (Fsp3) is 0.800. The van der Waals surface area contributed by atoms with Crippen molar-refractivity contribution in [3.8, 4) is 0 Å². The van der Waals surface area contributed by atoms with Gasteiger partial charge in [-0.2, -0.15) is 0 Å². The normalized spacial score (nSPS) is 21.3. The highest BCUT2D eigenvalue weighted by Crippen LogP contribution is 2.45. The third-order valence-electron chi connectivity index (χ3n) is 4.28. The molecule has 1 aromatic heterocycles. The van der Waals surface area contributed by atoms with Crippen LogP contribution in [-0.4, -0.2) is 16.6 Å². The first-order chi connectivity index (χ1) is 8.89. The fourth-order valence-corrected chi connectivity index (χ4v) is 3.84. The number of rotatable bonds is 3. The highest BCUT2D eigenvalue weighted by molar-refractivity contribution is 7.09. The van der Waals surface area contributed by atoms with Crippen molar-refractivity contribution in [2.24, 2.45) is 11.1 Å². The van der Waals surface area contributed by atoms with Gasteiger partial charge in [0, 0.05) is 22.8 Å². The van der Waals surface area contributed by atoms with Gasteiger partial charge in [-0.25, -0.2) is 4.98 Å². The molecule has 2 rings (SSSR count). The monoisotopic (exact) mass is 282 g/mol. The van der Waals surface area contributed by atoms with E-state index in [4.69, 9.17) is 5.73 Å². The Morgan fingerprint density at radius 1 is 1.37 bits per heavy atom. The van der Waals surface area contributed by atoms with Gasteiger partial charge in [0.15, 0.2) is 0 Å². The Balaban J connectivity index is 2.22. The van der Waals surface area contributed by atoms with E-state index in [0.29, 0.717) is 6.54 Å². The minimum absolute atomic E-state index is 0.0467. The van der Waals surface area contributed by atoms with Crippen LogP contribution in [0, 0.1) is 5.41 Å². The molecule has 0 saturated heterocycles. The second-order valence-corrected chi connectivity index (χ2v) is 7.72. The van der Waals surface area contributed by atoms with Crippen molar-refractivity contribution in [3.05, 3.63) is 16.1 Å². The maximum absolute atomic E-state index is 10.7. The van der Waals surface area contributed by atoms with Gasteiger partial charge in [-0.3, -0.25) is 0 Å². The van der Waals surface area contributed by atoms with Crippen LogP contribution >= 0.6 is 11.3 Å². The van der Waals surface area contributed by atoms with Gasteiger partial charge in [-0.1, -0.05) is 40.0 Å². The summed E-state index contributed by atoms with van der Waals surface area (Å²) in [5, 5.41) is 13.8. The molecule has 0 aromatic carbocycles. The number of nitrogens with two attached hydrogens (primary N) is 1. The molecule has 0 aliphatic heterocycles. The van der Waals surface area contributed by atoms with Gasteiger partial charge in [-0.05, 0) is 12.8 Å². The van der Waals surface area contributed by atoms with Crippen molar-refractivity contribution in [3.63, 3.8) is 0 Å². The lowest BCUT2D eigenvalue weighted by Gasteiger charge is -2.39. The molecule has 0 spiro atoms. The molecule has 0 bridgehead atoms. The van der Waals surface area contributed by atoms with Gasteiger partial charge >= 0.3 is 0 Å². The maximum atomic E-state index is 10.7. The first-order valence-electron chi connectivity index (χ1n) is 7.23. The molecule has 1 heterocycles. The largest absolute Gasteiger partial charge is 0.386 e. The predicted molar refractivity (Wildman–Crippen MR) is 80.3 cm³/mol. The van der Waals surface area contributed by atoms with Crippen LogP contribution < -0.4 is 5.73 Å². The summed E-state index contributed by atoms with van der Waals surface area (Å²) in [6.07, 6.45) is 5.14. The number of aromatic nitrogens is 1. The van der Waals surface area contributed by atoms with E-state index in [2.05, 4.69) is 25.8 Å². The van der Waals surface area contributed by atoms with Crippen LogP contribution in [0.15, 0.2) is 5.38 Å². The summed E-state index contributed by atoms with van der Waals surface area (Å²) in [4.78, 5) is 4.66. The van der Waals surface area contributed by atoms with Crippen molar-refractivity contribution in [2.75, 3.05) is 6.54 Å². The minimum Gasteiger partial charge on any atom is -0.386 e. The lowest BCUT2D eigenvalue weighted by Crippen LogP contribution is -2.38. The number of hydrogen-bond donors (Lipinski definition) is 2. The van der Waals surface area contributed by atoms with E-state index in [1.54, 1.807) is 11.3 Å². The average molecular weight is 282 g/mol. The summed E-state index contributed by atoms with van der Waals surface area (Å²) in [7, 11) is 0. The van der Waals surface area contributed by atoms with Crippen LogP contribution in [0.3, 0.4) is 0 Å². The lowest BCUT2D eigenvalue weighted by molar-refractivity contribution is -0.00189. The second-order valence-electron chi connectivity index (χ2n) is 6.86. The van der Waals surface area contributed by atoms with Gasteiger partial charge in [0.25, 0.3) is 0 Å². The highest BCUT2D eigenvalue weighted by atomic mass is 32.1. The quantitative estimate of drug-likeness (QED) is 0.893. The number of aliphatic hydroxyl groups is 1. The van der Waals surface area contributed by atoms with E-state index in [-0.39, 0.29) is 10.8 Å². The van der Waals surface area contributed by atoms with E-state index in [1.165, 1.54) is 19.3 Å². The van der Waals surface area contributed by atoms with Gasteiger partial charge in [0.2, 0.25) is 0 Å². The Hall–Kier alpha value is -0.450. The van der Waals surface area contributed by atoms with Crippen LogP contribution in [0.25, 0.3) is 0 Å². The molecule has 108 valence electrons. The van der Waals surface area contributed by atoms with E-state index < -0.39 is 6.10 Å². The molecule has 4 heteroatoms. The van der Waals surface area contributed by atoms with E-state index in [0.717, 1.165) is 23.5 Å². The highest BCUT2D eigenvalue weighted by Gasteiger charge is 2.40. The first-order valence-corrected chi connectivity index (χ1v) is 8.11. The zero-order valence-corrected chi connectivity index (χ0v) is 13.1. The Morgan fingerprint density at radius 3 is 2.47 bits per heavy atom. The van der Waals surface area contributed by atoms with E-state index in [1.807, 2.05) is 5.38 Å². The minimum atomic E-state index is -0.509. The summed E-state index contributed by atoms with van der Waals surface area (Å²) < 4.78 is 0. The molecule has 3 N–H and O–H groups in total. The summed E-state index contributed by atoms with van der Waals surface area (Å²) in [6.45, 7) is 7.01. The summed E-state index contributed by atoms with van der Waals surface area (Å²) in [5.41, 5.74) is 6.70. The van der Waals surface area contributed by atoms with Gasteiger partial charge in [0.05, 0.1) is 10.7 Å². The van der Waals surface area contributed by atoms with Crippen LogP contribution in [0.5, 0.6) is 0 Å². The first kappa shape index (κ1) is 14.9. The maximum Gasteiger partial charge on any atom is 0.104 e. The molecule has 19 heavy (non-hydrogen) atoms. The molecule has 1 saturated carbocycles. The molecule has 0 amide bonds. The van der Waals surface area contributed by atoms with E-state index >= 15 is 0 Å². The molecule has 1 unspecified atom stereocenters. The standard InChI is InChI=1S/C15H26N2OS/c1-14(2,3)13-17-11(9-19-13)12(18)15(10-16)7-5-4-6-8-15/h9,12,18H,4-8,10,16H2,1-3H3. The number of aliphatic hydroxyl groups excluding tert-OH is 1. The lowest BCUT2D eigenvalue weighted by atomic mass is 9.69. The Labute approximate surface area is 120 Å². The smallest absolute Gasteiger partial charge is 0.104 e. The van der Waals surface area contributed by atoms with Gasteiger partial charge in [-0.15, -0.1) is 11.3 Å². The second kappa shape index (κ2) is 5.51. The van der Waals surface area contributed by atoms with Crippen molar-refractivity contribution in [2.45, 2.75) is 64.4 Å². The van der Waals surface area contributed by atoms with Crippen molar-refractivity contribution in [1.82, 2.24) is 4.98 Å². The fourth-order valence-electron chi connectivity index (χ4n) is 2.92. The van der Waals surface area contributed by atoms with Gasteiger partial charge < -0.3 is 10.8 Å². The SMILES string of the molecule is CC(C)(C)c1nc(C(O)C2(CN)CCCCC2)cs1. The van der Waals surface area contributed by atoms with Crippen molar-refractivity contribution in [1.29, 1.82) is 0 Å². The Kier molecular flexibility index (Phi) is 4.33. The molecule has 1 aromatic rings. The average Bonchev–Trinajstić information content (AvgIpc) is 2.88. The summed E-state index contributed by atoms with van der Waals surface area (Å²) >= 11 is 1.65. The molecular formula is C15H26N2OS. The summed E-state index contributed by atoms with van der Waals surface area (Å²) in [5.74, 6) is 0. The zero-order chi connectivity index (χ0) is 14.1. The van der Waals surface area contributed by atoms with Crippen LogP contribution in [0.4, 0.5) is 0 Å². The molecule has 1 aliphatic carbocycles. The molecule has 1 atom stereocenters. The molecular weight excluding hydrogens is 256 g/mol. The Morgan fingerprint density at radius 2 is 2.00 bits per heavy atom. The molecule has 0 radical (unpaired) electrons. The van der Waals surface area contributed by atoms with Crippen LogP contribution in [0.1, 0.15) is 69.7 Å². The summed E-state index contributed by atoms with van der Waals surface area (Å²) in [6, 6.07) is 0. The van der Waals surface area contributed by atoms with Crippen molar-refractivity contribution < 1.29 is 5.11 Å². The molecule has 3 nitrogen and oxygen atoms in total. The zero-order valence-electron chi connectivity index (χ0n) is 12.3. The predicted octanol–water partition coefficient (Wildman–Crippen LogP) is 3.38. The third kappa shape index (κ3) is 3.01. The molecule has 1 aliphatic rings. The van der Waals surface area contributed by atoms with Crippen molar-refractivity contribution >= 4 is 11.3 Å². The Bertz CT molecular complexity index is 416. The molecule has 1 fully saturated rings. The van der Waals surface area contributed by atoms with Crippen LogP contribution in [0.2, 0.25) is 0 Å².